The molecule has 9 nitrogen and oxygen atoms in total. The van der Waals surface area contributed by atoms with Crippen LogP contribution in [0.1, 0.15) is 38.7 Å². The summed E-state index contributed by atoms with van der Waals surface area (Å²) in [5, 5.41) is 21.9. The number of aliphatic hydroxyl groups is 1. The molecule has 38 heavy (non-hydrogen) atoms. The highest BCUT2D eigenvalue weighted by molar-refractivity contribution is 7.09. The number of likely N-dealkylation sites (tertiary alicyclic amines) is 1. The van der Waals surface area contributed by atoms with Crippen LogP contribution in [0.3, 0.4) is 0 Å². The smallest absolute Gasteiger partial charge is 0.267 e. The Labute approximate surface area is 221 Å². The molecule has 4 rings (SSSR count). The Kier molecular flexibility index (Phi) is 8.22. The zero-order valence-electron chi connectivity index (χ0n) is 20.8. The second-order valence-corrected chi connectivity index (χ2v) is 10.3. The zero-order valence-corrected chi connectivity index (χ0v) is 21.6. The first-order valence-corrected chi connectivity index (χ1v) is 12.9. The predicted molar refractivity (Wildman–Crippen MR) is 135 cm³/mol. The molecule has 3 N–H and O–H groups in total. The Bertz CT molecular complexity index is 1260. The van der Waals surface area contributed by atoms with E-state index in [1.807, 2.05) is 5.38 Å². The lowest BCUT2D eigenvalue weighted by molar-refractivity contribution is -0.147. The van der Waals surface area contributed by atoms with E-state index in [4.69, 9.17) is 4.52 Å². The lowest BCUT2D eigenvalue weighted by Crippen LogP contribution is -2.56. The number of nitrogens with one attached hydrogen (secondary N) is 2. The van der Waals surface area contributed by atoms with Gasteiger partial charge in [-0.05, 0) is 37.3 Å². The lowest BCUT2D eigenvalue weighted by atomic mass is 9.99. The van der Waals surface area contributed by atoms with Crippen LogP contribution in [-0.4, -0.2) is 63.5 Å². The number of thiophene rings is 1. The van der Waals surface area contributed by atoms with Gasteiger partial charge in [0.25, 0.3) is 17.7 Å². The van der Waals surface area contributed by atoms with Crippen molar-refractivity contribution in [1.29, 1.82) is 0 Å². The normalized spacial score (nSPS) is 18.1. The van der Waals surface area contributed by atoms with Crippen molar-refractivity contribution in [2.24, 2.45) is 0 Å². The number of halogens is 2. The number of aromatic nitrogens is 1. The third kappa shape index (κ3) is 6.25. The monoisotopic (exact) mass is 546 g/mol. The van der Waals surface area contributed by atoms with Crippen LogP contribution in [-0.2, 0) is 22.6 Å². The SMILES string of the molecule is Cc1noc(C)c1C(=O)NC(Cc1ccccc1)C(O)C(=O)N1CC(F)(F)CC1C(=O)NCc1cccs1. The molecule has 0 spiro atoms. The lowest BCUT2D eigenvalue weighted by Gasteiger charge is -2.30. The number of alkyl halides is 2. The van der Waals surface area contributed by atoms with Crippen molar-refractivity contribution in [3.63, 3.8) is 0 Å². The molecule has 1 fully saturated rings. The van der Waals surface area contributed by atoms with Gasteiger partial charge in [0.15, 0.2) is 6.10 Å². The standard InChI is InChI=1S/C26H28F2N4O5S/c1-15-21(16(2)37-31-15)24(35)30-19(11-17-7-4-3-5-8-17)22(33)25(36)32-14-26(27,28)12-20(32)23(34)29-13-18-9-6-10-38-18/h3-10,19-20,22,33H,11-14H2,1-2H3,(H,29,34)(H,30,35). The molecule has 2 aromatic heterocycles. The highest BCUT2D eigenvalue weighted by Gasteiger charge is 2.51. The first-order valence-electron chi connectivity index (χ1n) is 12.0. The second-order valence-electron chi connectivity index (χ2n) is 9.25. The number of amides is 3. The van der Waals surface area contributed by atoms with Gasteiger partial charge in [-0.3, -0.25) is 14.4 Å². The van der Waals surface area contributed by atoms with Gasteiger partial charge in [-0.25, -0.2) is 8.78 Å². The van der Waals surface area contributed by atoms with Gasteiger partial charge in [0.2, 0.25) is 5.91 Å². The Morgan fingerprint density at radius 3 is 2.58 bits per heavy atom. The van der Waals surface area contributed by atoms with E-state index >= 15 is 0 Å². The average molecular weight is 547 g/mol. The number of hydrogen-bond donors (Lipinski definition) is 3. The van der Waals surface area contributed by atoms with Crippen LogP contribution in [0.4, 0.5) is 8.78 Å². The molecule has 3 aromatic rings. The fourth-order valence-electron chi connectivity index (χ4n) is 4.49. The molecule has 3 amide bonds. The van der Waals surface area contributed by atoms with Crippen molar-refractivity contribution in [2.45, 2.75) is 57.3 Å². The van der Waals surface area contributed by atoms with Gasteiger partial charge in [0.1, 0.15) is 17.4 Å². The molecule has 3 atom stereocenters. The number of benzene rings is 1. The fraction of sp³-hybridized carbons (Fsp3) is 0.385. The highest BCUT2D eigenvalue weighted by Crippen LogP contribution is 2.33. The van der Waals surface area contributed by atoms with Gasteiger partial charge >= 0.3 is 0 Å². The van der Waals surface area contributed by atoms with Crippen LogP contribution in [0, 0.1) is 13.8 Å². The molecule has 1 aliphatic rings. The summed E-state index contributed by atoms with van der Waals surface area (Å²) >= 11 is 1.40. The van der Waals surface area contributed by atoms with Gasteiger partial charge in [-0.2, -0.15) is 0 Å². The van der Waals surface area contributed by atoms with E-state index in [1.165, 1.54) is 11.3 Å². The summed E-state index contributed by atoms with van der Waals surface area (Å²) in [5.41, 5.74) is 1.17. The Balaban J connectivity index is 1.55. The van der Waals surface area contributed by atoms with E-state index in [2.05, 4.69) is 15.8 Å². The summed E-state index contributed by atoms with van der Waals surface area (Å²) in [5.74, 6) is -5.50. The third-order valence-electron chi connectivity index (χ3n) is 6.38. The predicted octanol–water partition coefficient (Wildman–Crippen LogP) is 2.61. The summed E-state index contributed by atoms with van der Waals surface area (Å²) in [6.07, 6.45) is -2.74. The average Bonchev–Trinajstić information content (AvgIpc) is 3.60. The van der Waals surface area contributed by atoms with Gasteiger partial charge < -0.3 is 25.2 Å². The summed E-state index contributed by atoms with van der Waals surface area (Å²) in [6, 6.07) is 9.72. The molecule has 3 heterocycles. The molecule has 1 saturated heterocycles. The van der Waals surface area contributed by atoms with Gasteiger partial charge in [-0.15, -0.1) is 11.3 Å². The molecule has 0 aliphatic carbocycles. The zero-order chi connectivity index (χ0) is 27.4. The van der Waals surface area contributed by atoms with Crippen molar-refractivity contribution in [3.8, 4) is 0 Å². The minimum absolute atomic E-state index is 0.0301. The quantitative estimate of drug-likeness (QED) is 0.379. The summed E-state index contributed by atoms with van der Waals surface area (Å²) in [4.78, 5) is 40.8. The van der Waals surface area contributed by atoms with Crippen molar-refractivity contribution in [2.75, 3.05) is 6.54 Å². The van der Waals surface area contributed by atoms with Crippen LogP contribution in [0.2, 0.25) is 0 Å². The Morgan fingerprint density at radius 2 is 1.95 bits per heavy atom. The van der Waals surface area contributed by atoms with Crippen LogP contribution >= 0.6 is 11.3 Å². The third-order valence-corrected chi connectivity index (χ3v) is 7.26. The second kappa shape index (κ2) is 11.4. The first kappa shape index (κ1) is 27.4. The Morgan fingerprint density at radius 1 is 1.21 bits per heavy atom. The van der Waals surface area contributed by atoms with Crippen LogP contribution in [0.25, 0.3) is 0 Å². The number of carbonyl (C=O) groups excluding carboxylic acids is 3. The van der Waals surface area contributed by atoms with Crippen molar-refractivity contribution in [1.82, 2.24) is 20.7 Å². The topological polar surface area (TPSA) is 125 Å². The van der Waals surface area contributed by atoms with Crippen molar-refractivity contribution in [3.05, 3.63) is 75.3 Å². The van der Waals surface area contributed by atoms with Gasteiger partial charge in [0, 0.05) is 11.3 Å². The number of carbonyl (C=O) groups is 3. The van der Waals surface area contributed by atoms with E-state index in [-0.39, 0.29) is 24.3 Å². The maximum Gasteiger partial charge on any atom is 0.267 e. The first-order chi connectivity index (χ1) is 18.1. The summed E-state index contributed by atoms with van der Waals surface area (Å²) < 4.78 is 33.9. The number of aryl methyl sites for hydroxylation is 2. The molecular weight excluding hydrogens is 518 g/mol. The van der Waals surface area contributed by atoms with Crippen LogP contribution in [0.15, 0.2) is 52.4 Å². The summed E-state index contributed by atoms with van der Waals surface area (Å²) in [7, 11) is 0. The van der Waals surface area contributed by atoms with E-state index in [0.29, 0.717) is 16.2 Å². The largest absolute Gasteiger partial charge is 0.381 e. The van der Waals surface area contributed by atoms with E-state index in [9.17, 15) is 28.3 Å². The molecule has 3 unspecified atom stereocenters. The molecule has 1 aromatic carbocycles. The molecule has 0 radical (unpaired) electrons. The summed E-state index contributed by atoms with van der Waals surface area (Å²) in [6.45, 7) is 2.24. The van der Waals surface area contributed by atoms with Gasteiger partial charge in [-0.1, -0.05) is 41.6 Å². The molecule has 0 saturated carbocycles. The van der Waals surface area contributed by atoms with Crippen LogP contribution in [0.5, 0.6) is 0 Å². The maximum absolute atomic E-state index is 14.4. The molecule has 202 valence electrons. The number of hydrogen-bond acceptors (Lipinski definition) is 7. The molecule has 0 bridgehead atoms. The van der Waals surface area contributed by atoms with Gasteiger partial charge in [0.05, 0.1) is 24.8 Å². The maximum atomic E-state index is 14.4. The number of nitrogens with zero attached hydrogens (tertiary/aromatic N) is 2. The Hall–Kier alpha value is -3.64. The van der Waals surface area contributed by atoms with Crippen LogP contribution < -0.4 is 10.6 Å². The molecular formula is C26H28F2N4O5S. The molecule has 1 aliphatic heterocycles. The van der Waals surface area contributed by atoms with Crippen molar-refractivity contribution < 1.29 is 32.8 Å². The number of aliphatic hydroxyl groups excluding tert-OH is 1. The van der Waals surface area contributed by atoms with E-state index in [1.54, 1.807) is 56.3 Å². The number of rotatable bonds is 9. The highest BCUT2D eigenvalue weighted by atomic mass is 32.1. The molecule has 12 heteroatoms. The van der Waals surface area contributed by atoms with E-state index in [0.717, 1.165) is 4.88 Å². The fourth-order valence-corrected chi connectivity index (χ4v) is 5.13. The van der Waals surface area contributed by atoms with Crippen molar-refractivity contribution >= 4 is 29.1 Å². The van der Waals surface area contributed by atoms with E-state index < -0.39 is 54.8 Å². The minimum Gasteiger partial charge on any atom is -0.381 e. The minimum atomic E-state index is -3.31.